The lowest BCUT2D eigenvalue weighted by molar-refractivity contribution is -0.150. The first kappa shape index (κ1) is 15.6. The van der Waals surface area contributed by atoms with Crippen molar-refractivity contribution in [1.82, 2.24) is 4.90 Å². The number of nitrogens with zero attached hydrogens (tertiary/aromatic N) is 2. The number of hydrogen-bond acceptors (Lipinski definition) is 3. The molecule has 4 nitrogen and oxygen atoms in total. The molecular weight excluding hydrogens is 278 g/mol. The summed E-state index contributed by atoms with van der Waals surface area (Å²) in [7, 11) is 0. The summed E-state index contributed by atoms with van der Waals surface area (Å²) in [5.41, 5.74) is -1.30. The Hall–Kier alpha value is -1.77. The molecule has 6 heteroatoms. The minimum absolute atomic E-state index is 0.0603. The maximum absolute atomic E-state index is 12.6. The Labute approximate surface area is 122 Å². The maximum Gasteiger partial charge on any atom is 0.315 e. The van der Waals surface area contributed by atoms with Crippen LogP contribution in [0.2, 0.25) is 0 Å². The van der Waals surface area contributed by atoms with E-state index in [1.54, 1.807) is 19.9 Å². The number of halogens is 2. The zero-order valence-corrected chi connectivity index (χ0v) is 12.3. The van der Waals surface area contributed by atoms with Gasteiger partial charge in [0.05, 0.1) is 5.57 Å². The Balaban J connectivity index is 2.40. The first-order chi connectivity index (χ1) is 9.63. The predicted octanol–water partition coefficient (Wildman–Crippen LogP) is 2.17. The molecule has 0 unspecified atom stereocenters. The molecule has 1 heterocycles. The van der Waals surface area contributed by atoms with Gasteiger partial charge in [0, 0.05) is 23.9 Å². The monoisotopic (exact) mass is 296 g/mol. The van der Waals surface area contributed by atoms with Crippen LogP contribution in [0.3, 0.4) is 0 Å². The lowest BCUT2D eigenvalue weighted by Gasteiger charge is -2.52. The number of nitriles is 1. The van der Waals surface area contributed by atoms with Crippen LogP contribution in [0.15, 0.2) is 11.6 Å². The molecule has 0 aromatic rings. The molecule has 0 saturated carbocycles. The zero-order chi connectivity index (χ0) is 16.0. The number of fused-ring (bicyclic) bond motifs is 1. The van der Waals surface area contributed by atoms with Gasteiger partial charge in [-0.3, -0.25) is 9.59 Å². The molecule has 0 N–H and O–H groups in total. The number of carbonyl (C=O) groups is 2. The molecule has 1 aliphatic carbocycles. The summed E-state index contributed by atoms with van der Waals surface area (Å²) in [5, 5.41) is 9.12. The van der Waals surface area contributed by atoms with E-state index in [-0.39, 0.29) is 30.4 Å². The topological polar surface area (TPSA) is 61.2 Å². The third-order valence-corrected chi connectivity index (χ3v) is 4.81. The first-order valence-corrected chi connectivity index (χ1v) is 6.88. The van der Waals surface area contributed by atoms with Crippen molar-refractivity contribution < 1.29 is 18.4 Å². The van der Waals surface area contributed by atoms with Crippen molar-refractivity contribution in [1.29, 1.82) is 5.26 Å². The lowest BCUT2D eigenvalue weighted by Crippen LogP contribution is -2.57. The highest BCUT2D eigenvalue weighted by atomic mass is 19.3. The maximum atomic E-state index is 12.6. The molecule has 0 aromatic carbocycles. The van der Waals surface area contributed by atoms with E-state index in [0.29, 0.717) is 6.42 Å². The summed E-state index contributed by atoms with van der Waals surface area (Å²) in [4.78, 5) is 25.0. The van der Waals surface area contributed by atoms with E-state index >= 15 is 0 Å². The average Bonchev–Trinajstić information content (AvgIpc) is 2.41. The van der Waals surface area contributed by atoms with Gasteiger partial charge in [-0.2, -0.15) is 14.0 Å². The van der Waals surface area contributed by atoms with Gasteiger partial charge in [-0.25, -0.2) is 0 Å². The largest absolute Gasteiger partial charge is 0.337 e. The molecule has 0 spiro atoms. The summed E-state index contributed by atoms with van der Waals surface area (Å²) >= 11 is 0. The van der Waals surface area contributed by atoms with Crippen LogP contribution in [0.25, 0.3) is 0 Å². The van der Waals surface area contributed by atoms with Gasteiger partial charge in [0.25, 0.3) is 5.91 Å². The summed E-state index contributed by atoms with van der Waals surface area (Å²) in [5.74, 6) is -1.46. The fraction of sp³-hybridized carbons (Fsp3) is 0.667. The zero-order valence-electron chi connectivity index (χ0n) is 12.3. The van der Waals surface area contributed by atoms with Crippen LogP contribution < -0.4 is 0 Å². The second kappa shape index (κ2) is 4.90. The van der Waals surface area contributed by atoms with E-state index in [9.17, 15) is 18.4 Å². The molecule has 0 aromatic heterocycles. The van der Waals surface area contributed by atoms with Crippen LogP contribution in [-0.2, 0) is 9.59 Å². The van der Waals surface area contributed by atoms with E-state index in [1.165, 1.54) is 0 Å². The third-order valence-electron chi connectivity index (χ3n) is 4.81. The van der Waals surface area contributed by atoms with Crippen molar-refractivity contribution in [3.05, 3.63) is 11.6 Å². The number of likely N-dealkylation sites (tertiary alicyclic amines) is 1. The van der Waals surface area contributed by atoms with Crippen molar-refractivity contribution in [3.63, 3.8) is 0 Å². The van der Waals surface area contributed by atoms with E-state index in [4.69, 9.17) is 5.26 Å². The van der Waals surface area contributed by atoms with Gasteiger partial charge in [-0.1, -0.05) is 26.8 Å². The Morgan fingerprint density at radius 1 is 1.48 bits per heavy atom. The average molecular weight is 296 g/mol. The summed E-state index contributed by atoms with van der Waals surface area (Å²) in [6, 6.07) is 1.89. The molecule has 1 fully saturated rings. The highest BCUT2D eigenvalue weighted by Gasteiger charge is 2.54. The Morgan fingerprint density at radius 3 is 2.62 bits per heavy atom. The Kier molecular flexibility index (Phi) is 3.64. The van der Waals surface area contributed by atoms with Crippen LogP contribution in [0.5, 0.6) is 0 Å². The molecule has 2 atom stereocenters. The molecule has 0 bridgehead atoms. The molecule has 2 aliphatic rings. The van der Waals surface area contributed by atoms with Gasteiger partial charge in [-0.05, 0) is 12.3 Å². The van der Waals surface area contributed by atoms with Gasteiger partial charge < -0.3 is 4.90 Å². The Bertz CT molecular complexity index is 563. The van der Waals surface area contributed by atoms with Gasteiger partial charge in [0.15, 0.2) is 5.78 Å². The highest BCUT2D eigenvalue weighted by Crippen LogP contribution is 2.51. The number of ketones is 1. The van der Waals surface area contributed by atoms with Crippen molar-refractivity contribution in [2.24, 2.45) is 16.7 Å². The number of carbonyl (C=O) groups excluding carboxylic acids is 2. The molecule has 2 rings (SSSR count). The standard InChI is InChI=1S/C15H18F2N2O2/c1-14(2)10-4-5-19(13(21)12(16)17)8-15(10,3)6-9(7-18)11(14)20/h6,10,12H,4-5,8H2,1-3H3/t10-,15+/m1/s1. The second-order valence-corrected chi connectivity index (χ2v) is 6.63. The minimum Gasteiger partial charge on any atom is -0.337 e. The van der Waals surface area contributed by atoms with Gasteiger partial charge in [-0.15, -0.1) is 0 Å². The molecule has 1 amide bonds. The summed E-state index contributed by atoms with van der Waals surface area (Å²) in [6.07, 6.45) is -0.984. The number of alkyl halides is 2. The van der Waals surface area contributed by atoms with Crippen molar-refractivity contribution >= 4 is 11.7 Å². The van der Waals surface area contributed by atoms with Crippen LogP contribution in [0.4, 0.5) is 8.78 Å². The SMILES string of the molecule is CC1(C)C(=O)C(C#N)=C[C@@]2(C)CN(C(=O)C(F)F)CC[C@H]12. The number of Topliss-reactive ketones (excluding diaryl/α,β-unsaturated/α-hetero) is 1. The van der Waals surface area contributed by atoms with E-state index in [1.807, 2.05) is 13.0 Å². The van der Waals surface area contributed by atoms with E-state index in [0.717, 1.165) is 4.90 Å². The van der Waals surface area contributed by atoms with Crippen molar-refractivity contribution in [2.75, 3.05) is 13.1 Å². The normalized spacial score (nSPS) is 31.5. The predicted molar refractivity (Wildman–Crippen MR) is 71.3 cm³/mol. The number of piperidine rings is 1. The molecule has 114 valence electrons. The molecular formula is C15H18F2N2O2. The van der Waals surface area contributed by atoms with E-state index < -0.39 is 23.2 Å². The van der Waals surface area contributed by atoms with Gasteiger partial charge >= 0.3 is 6.43 Å². The lowest BCUT2D eigenvalue weighted by atomic mass is 9.55. The molecule has 1 aliphatic heterocycles. The highest BCUT2D eigenvalue weighted by molar-refractivity contribution is 6.04. The smallest absolute Gasteiger partial charge is 0.315 e. The fourth-order valence-electron chi connectivity index (χ4n) is 3.86. The first-order valence-electron chi connectivity index (χ1n) is 6.88. The van der Waals surface area contributed by atoms with Crippen molar-refractivity contribution in [3.8, 4) is 6.07 Å². The van der Waals surface area contributed by atoms with Crippen LogP contribution in [-0.4, -0.2) is 36.1 Å². The van der Waals surface area contributed by atoms with Gasteiger partial charge in [0.2, 0.25) is 0 Å². The quantitative estimate of drug-likeness (QED) is 0.745. The number of amides is 1. The number of allylic oxidation sites excluding steroid dienone is 1. The molecule has 1 saturated heterocycles. The van der Waals surface area contributed by atoms with Crippen LogP contribution in [0.1, 0.15) is 27.2 Å². The van der Waals surface area contributed by atoms with Crippen LogP contribution >= 0.6 is 0 Å². The molecule has 0 radical (unpaired) electrons. The third kappa shape index (κ3) is 2.35. The second-order valence-electron chi connectivity index (χ2n) is 6.63. The van der Waals surface area contributed by atoms with Crippen molar-refractivity contribution in [2.45, 2.75) is 33.6 Å². The summed E-state index contributed by atoms with van der Waals surface area (Å²) < 4.78 is 25.2. The van der Waals surface area contributed by atoms with Crippen LogP contribution in [0, 0.1) is 28.1 Å². The van der Waals surface area contributed by atoms with E-state index in [2.05, 4.69) is 0 Å². The minimum atomic E-state index is -3.03. The number of hydrogen-bond donors (Lipinski definition) is 0. The molecule has 21 heavy (non-hydrogen) atoms. The summed E-state index contributed by atoms with van der Waals surface area (Å²) in [6.45, 7) is 5.73. The fourth-order valence-corrected chi connectivity index (χ4v) is 3.86. The van der Waals surface area contributed by atoms with Gasteiger partial charge in [0.1, 0.15) is 6.07 Å². The number of rotatable bonds is 1. The Morgan fingerprint density at radius 2 is 2.10 bits per heavy atom.